The molecule has 0 aliphatic rings. The summed E-state index contributed by atoms with van der Waals surface area (Å²) in [5.74, 6) is -1.11. The van der Waals surface area contributed by atoms with E-state index in [1.807, 2.05) is 0 Å². The molecule has 4 nitrogen and oxygen atoms in total. The molecule has 0 aliphatic carbocycles. The maximum atomic E-state index is 12.3. The average Bonchev–Trinajstić information content (AvgIpc) is 2.80. The van der Waals surface area contributed by atoms with E-state index in [1.165, 1.54) is 13.0 Å². The van der Waals surface area contributed by atoms with Crippen LogP contribution >= 0.6 is 11.6 Å². The van der Waals surface area contributed by atoms with Gasteiger partial charge in [0, 0.05) is 40.7 Å². The zero-order valence-corrected chi connectivity index (χ0v) is 12.4. The van der Waals surface area contributed by atoms with Gasteiger partial charge in [-0.25, -0.2) is 4.79 Å². The van der Waals surface area contributed by atoms with Crippen LogP contribution in [0.4, 0.5) is 0 Å². The summed E-state index contributed by atoms with van der Waals surface area (Å²) in [5.41, 5.74) is 1.91. The zero-order chi connectivity index (χ0) is 15.6. The van der Waals surface area contributed by atoms with Gasteiger partial charge in [0.1, 0.15) is 0 Å². The van der Waals surface area contributed by atoms with Crippen molar-refractivity contribution in [1.82, 2.24) is 4.57 Å². The van der Waals surface area contributed by atoms with Crippen LogP contribution in [0.15, 0.2) is 42.1 Å². The monoisotopic (exact) mass is 303 g/mol. The normalized spacial score (nSPS) is 11.5. The molecule has 0 fully saturated rings. The van der Waals surface area contributed by atoms with Crippen LogP contribution in [0.5, 0.6) is 0 Å². The van der Waals surface area contributed by atoms with Crippen LogP contribution in [-0.2, 0) is 11.8 Å². The molecule has 0 radical (unpaired) electrons. The molecule has 0 bridgehead atoms. The van der Waals surface area contributed by atoms with Crippen molar-refractivity contribution in [3.8, 4) is 0 Å². The van der Waals surface area contributed by atoms with Crippen LogP contribution in [0.2, 0.25) is 5.02 Å². The molecule has 2 rings (SSSR count). The number of aliphatic carboxylic acids is 1. The fraction of sp³-hybridized carbons (Fsp3) is 0.125. The number of benzene rings is 1. The van der Waals surface area contributed by atoms with E-state index < -0.39 is 5.97 Å². The number of carboxylic acid groups (broad SMARTS) is 1. The van der Waals surface area contributed by atoms with Crippen molar-refractivity contribution < 1.29 is 14.7 Å². The smallest absolute Gasteiger partial charge is 0.331 e. The molecule has 0 amide bonds. The average molecular weight is 304 g/mol. The predicted molar refractivity (Wildman–Crippen MR) is 81.6 cm³/mol. The third-order valence-electron chi connectivity index (χ3n) is 3.11. The molecule has 2 aromatic rings. The third-order valence-corrected chi connectivity index (χ3v) is 3.37. The number of aromatic nitrogens is 1. The predicted octanol–water partition coefficient (Wildman–Crippen LogP) is 3.40. The Labute approximate surface area is 127 Å². The van der Waals surface area contributed by atoms with Crippen molar-refractivity contribution in [2.24, 2.45) is 7.05 Å². The van der Waals surface area contributed by atoms with Gasteiger partial charge >= 0.3 is 5.97 Å². The summed E-state index contributed by atoms with van der Waals surface area (Å²) in [6.45, 7) is 1.51. The standard InChI is InChI=1S/C16H14ClNO3/c1-10(16(20)21)7-14-8-12(9-18(14)2)15(19)11-3-5-13(17)6-4-11/h3-9H,1-2H3,(H,20,21)/b10-7+. The Bertz CT molecular complexity index is 726. The molecular formula is C16H14ClNO3. The number of rotatable bonds is 4. The zero-order valence-electron chi connectivity index (χ0n) is 11.6. The van der Waals surface area contributed by atoms with Gasteiger partial charge in [-0.15, -0.1) is 0 Å². The lowest BCUT2D eigenvalue weighted by molar-refractivity contribution is -0.132. The van der Waals surface area contributed by atoms with Gasteiger partial charge in [-0.1, -0.05) is 11.6 Å². The van der Waals surface area contributed by atoms with Crippen LogP contribution in [-0.4, -0.2) is 21.4 Å². The Morgan fingerprint density at radius 2 is 1.81 bits per heavy atom. The first kappa shape index (κ1) is 15.1. The van der Waals surface area contributed by atoms with E-state index in [0.717, 1.165) is 0 Å². The number of hydrogen-bond acceptors (Lipinski definition) is 2. The molecule has 1 N–H and O–H groups in total. The number of carbonyl (C=O) groups is 2. The Kier molecular flexibility index (Phi) is 4.29. The first-order valence-corrected chi connectivity index (χ1v) is 6.64. The number of ketones is 1. The highest BCUT2D eigenvalue weighted by Gasteiger charge is 2.13. The summed E-state index contributed by atoms with van der Waals surface area (Å²) in [5, 5.41) is 9.47. The highest BCUT2D eigenvalue weighted by atomic mass is 35.5. The van der Waals surface area contributed by atoms with Crippen LogP contribution in [0.25, 0.3) is 6.08 Å². The van der Waals surface area contributed by atoms with E-state index in [0.29, 0.717) is 21.8 Å². The highest BCUT2D eigenvalue weighted by molar-refractivity contribution is 6.30. The third kappa shape index (κ3) is 3.41. The van der Waals surface area contributed by atoms with Gasteiger partial charge < -0.3 is 9.67 Å². The van der Waals surface area contributed by atoms with Crippen molar-refractivity contribution in [3.05, 3.63) is 63.9 Å². The maximum absolute atomic E-state index is 12.3. The van der Waals surface area contributed by atoms with Gasteiger partial charge in [-0.2, -0.15) is 0 Å². The minimum absolute atomic E-state index is 0.130. The minimum Gasteiger partial charge on any atom is -0.478 e. The quantitative estimate of drug-likeness (QED) is 0.695. The summed E-state index contributed by atoms with van der Waals surface area (Å²) in [7, 11) is 1.76. The second-order valence-electron chi connectivity index (χ2n) is 4.73. The molecule has 5 heteroatoms. The summed E-state index contributed by atoms with van der Waals surface area (Å²) in [6, 6.07) is 8.31. The molecule has 0 atom stereocenters. The van der Waals surface area contributed by atoms with E-state index in [9.17, 15) is 9.59 Å². The van der Waals surface area contributed by atoms with E-state index in [1.54, 1.807) is 48.1 Å². The topological polar surface area (TPSA) is 59.3 Å². The number of halogens is 1. The van der Waals surface area contributed by atoms with E-state index in [-0.39, 0.29) is 11.4 Å². The second-order valence-corrected chi connectivity index (χ2v) is 5.17. The largest absolute Gasteiger partial charge is 0.478 e. The van der Waals surface area contributed by atoms with Gasteiger partial charge in [0.15, 0.2) is 5.78 Å². The number of carbonyl (C=O) groups excluding carboxylic acids is 1. The summed E-state index contributed by atoms with van der Waals surface area (Å²) >= 11 is 5.80. The Hall–Kier alpha value is -2.33. The summed E-state index contributed by atoms with van der Waals surface area (Å²) in [6.07, 6.45) is 3.21. The lowest BCUT2D eigenvalue weighted by atomic mass is 10.1. The summed E-state index contributed by atoms with van der Waals surface area (Å²) < 4.78 is 1.72. The van der Waals surface area contributed by atoms with Crippen LogP contribution in [0.1, 0.15) is 28.5 Å². The fourth-order valence-corrected chi connectivity index (χ4v) is 2.03. The van der Waals surface area contributed by atoms with E-state index in [2.05, 4.69) is 0 Å². The first-order valence-electron chi connectivity index (χ1n) is 6.26. The molecule has 108 valence electrons. The van der Waals surface area contributed by atoms with Gasteiger partial charge in [-0.05, 0) is 43.3 Å². The number of carboxylic acids is 1. The summed E-state index contributed by atoms with van der Waals surface area (Å²) in [4.78, 5) is 23.2. The Morgan fingerprint density at radius 1 is 1.19 bits per heavy atom. The van der Waals surface area contributed by atoms with Crippen molar-refractivity contribution in [2.45, 2.75) is 6.92 Å². The van der Waals surface area contributed by atoms with Crippen LogP contribution in [0.3, 0.4) is 0 Å². The molecule has 1 aromatic carbocycles. The molecule has 0 aliphatic heterocycles. The maximum Gasteiger partial charge on any atom is 0.331 e. The molecule has 1 heterocycles. The van der Waals surface area contributed by atoms with Gasteiger partial charge in [0.05, 0.1) is 0 Å². The molecule has 1 aromatic heterocycles. The minimum atomic E-state index is -0.984. The number of aryl methyl sites for hydroxylation is 1. The molecule has 0 saturated carbocycles. The van der Waals surface area contributed by atoms with Crippen LogP contribution in [0, 0.1) is 0 Å². The molecule has 21 heavy (non-hydrogen) atoms. The Morgan fingerprint density at radius 3 is 2.38 bits per heavy atom. The van der Waals surface area contributed by atoms with Crippen molar-refractivity contribution in [2.75, 3.05) is 0 Å². The van der Waals surface area contributed by atoms with Gasteiger partial charge in [0.2, 0.25) is 0 Å². The van der Waals surface area contributed by atoms with Crippen molar-refractivity contribution in [3.63, 3.8) is 0 Å². The molecular weight excluding hydrogens is 290 g/mol. The van der Waals surface area contributed by atoms with E-state index in [4.69, 9.17) is 16.7 Å². The fourth-order valence-electron chi connectivity index (χ4n) is 1.90. The lowest BCUT2D eigenvalue weighted by Gasteiger charge is -1.98. The molecule has 0 spiro atoms. The van der Waals surface area contributed by atoms with Crippen LogP contribution < -0.4 is 0 Å². The number of hydrogen-bond donors (Lipinski definition) is 1. The van der Waals surface area contributed by atoms with E-state index >= 15 is 0 Å². The van der Waals surface area contributed by atoms with Gasteiger partial charge in [0.25, 0.3) is 0 Å². The first-order chi connectivity index (χ1) is 9.88. The highest BCUT2D eigenvalue weighted by Crippen LogP contribution is 2.17. The number of nitrogens with zero attached hydrogens (tertiary/aromatic N) is 1. The lowest BCUT2D eigenvalue weighted by Crippen LogP contribution is -1.99. The Balaban J connectivity index is 2.34. The molecule has 0 saturated heterocycles. The SMILES string of the molecule is C/C(=C\c1cc(C(=O)c2ccc(Cl)cc2)cn1C)C(=O)O. The van der Waals surface area contributed by atoms with Gasteiger partial charge in [-0.3, -0.25) is 4.79 Å². The molecule has 0 unspecified atom stereocenters. The van der Waals surface area contributed by atoms with Crippen molar-refractivity contribution >= 4 is 29.4 Å². The second kappa shape index (κ2) is 5.97. The van der Waals surface area contributed by atoms with Crippen molar-refractivity contribution in [1.29, 1.82) is 0 Å².